The first-order valence-corrected chi connectivity index (χ1v) is 3.44. The van der Waals surface area contributed by atoms with Crippen LogP contribution in [-0.2, 0) is 9.59 Å². The van der Waals surface area contributed by atoms with Crippen LogP contribution in [0, 0.1) is 0 Å². The molecule has 0 saturated heterocycles. The molecule has 0 bridgehead atoms. The Hall–Kier alpha value is -0.920. The molecule has 2 nitrogen and oxygen atoms in total. The number of hydrogen-bond acceptors (Lipinski definition) is 2. The van der Waals surface area contributed by atoms with Crippen molar-refractivity contribution in [3.05, 3.63) is 12.2 Å². The standard InChI is InChI=1S/C8H12O2/c1-3-7(9)5-6-8(10)4-2/h5-6H,3-4H2,1-2H3. The number of ketones is 2. The highest BCUT2D eigenvalue weighted by atomic mass is 16.1. The second kappa shape index (κ2) is 4.91. The van der Waals surface area contributed by atoms with Crippen LogP contribution >= 0.6 is 0 Å². The summed E-state index contributed by atoms with van der Waals surface area (Å²) in [6, 6.07) is 0. The van der Waals surface area contributed by atoms with E-state index in [2.05, 4.69) is 0 Å². The van der Waals surface area contributed by atoms with Crippen molar-refractivity contribution in [1.29, 1.82) is 0 Å². The van der Waals surface area contributed by atoms with Crippen LogP contribution in [0.15, 0.2) is 12.2 Å². The number of rotatable bonds is 4. The van der Waals surface area contributed by atoms with Crippen LogP contribution < -0.4 is 0 Å². The average Bonchev–Trinajstić information content (AvgIpc) is 1.99. The van der Waals surface area contributed by atoms with E-state index in [1.54, 1.807) is 13.8 Å². The van der Waals surface area contributed by atoms with Gasteiger partial charge >= 0.3 is 0 Å². The number of carbonyl (C=O) groups is 2. The molecule has 0 aromatic rings. The Balaban J connectivity index is 3.75. The number of hydrogen-bond donors (Lipinski definition) is 0. The fourth-order valence-electron chi connectivity index (χ4n) is 0.422. The Labute approximate surface area is 60.9 Å². The summed E-state index contributed by atoms with van der Waals surface area (Å²) in [5.41, 5.74) is 0. The van der Waals surface area contributed by atoms with Gasteiger partial charge in [-0.05, 0) is 12.2 Å². The van der Waals surface area contributed by atoms with Crippen molar-refractivity contribution in [2.24, 2.45) is 0 Å². The molecule has 0 radical (unpaired) electrons. The van der Waals surface area contributed by atoms with Gasteiger partial charge in [0.2, 0.25) is 0 Å². The molecule has 56 valence electrons. The van der Waals surface area contributed by atoms with Crippen molar-refractivity contribution < 1.29 is 9.59 Å². The summed E-state index contributed by atoms with van der Waals surface area (Å²) in [5.74, 6) is 0.00333. The smallest absolute Gasteiger partial charge is 0.155 e. The summed E-state index contributed by atoms with van der Waals surface area (Å²) in [7, 11) is 0. The molecule has 0 unspecified atom stereocenters. The quantitative estimate of drug-likeness (QED) is 0.554. The molecule has 0 rings (SSSR count). The zero-order chi connectivity index (χ0) is 7.98. The van der Waals surface area contributed by atoms with Crippen molar-refractivity contribution in [3.8, 4) is 0 Å². The van der Waals surface area contributed by atoms with Crippen LogP contribution in [0.2, 0.25) is 0 Å². The zero-order valence-corrected chi connectivity index (χ0v) is 6.39. The fourth-order valence-corrected chi connectivity index (χ4v) is 0.422. The second-order valence-corrected chi connectivity index (χ2v) is 1.97. The van der Waals surface area contributed by atoms with Gasteiger partial charge in [0.1, 0.15) is 0 Å². The van der Waals surface area contributed by atoms with Crippen molar-refractivity contribution in [1.82, 2.24) is 0 Å². The van der Waals surface area contributed by atoms with Crippen LogP contribution in [0.25, 0.3) is 0 Å². The molecule has 0 aliphatic heterocycles. The minimum Gasteiger partial charge on any atom is -0.295 e. The molecule has 2 heteroatoms. The maximum absolute atomic E-state index is 10.6. The lowest BCUT2D eigenvalue weighted by Gasteiger charge is -1.84. The van der Waals surface area contributed by atoms with Gasteiger partial charge < -0.3 is 0 Å². The van der Waals surface area contributed by atoms with E-state index in [4.69, 9.17) is 0 Å². The zero-order valence-electron chi connectivity index (χ0n) is 6.39. The Morgan fingerprint density at radius 2 is 1.30 bits per heavy atom. The normalized spacial score (nSPS) is 10.2. The van der Waals surface area contributed by atoms with E-state index >= 15 is 0 Å². The van der Waals surface area contributed by atoms with Gasteiger partial charge in [0.15, 0.2) is 11.6 Å². The lowest BCUT2D eigenvalue weighted by Crippen LogP contribution is -1.92. The Morgan fingerprint density at radius 1 is 1.00 bits per heavy atom. The molecule has 0 N–H and O–H groups in total. The highest BCUT2D eigenvalue weighted by Crippen LogP contribution is 1.86. The number of allylic oxidation sites excluding steroid dienone is 2. The molecule has 0 heterocycles. The lowest BCUT2D eigenvalue weighted by atomic mass is 10.2. The van der Waals surface area contributed by atoms with Crippen LogP contribution in [0.3, 0.4) is 0 Å². The SMILES string of the molecule is CCC(=O)C=CC(=O)CC. The van der Waals surface area contributed by atoms with E-state index < -0.39 is 0 Å². The van der Waals surface area contributed by atoms with Crippen LogP contribution in [-0.4, -0.2) is 11.6 Å². The molecule has 0 spiro atoms. The monoisotopic (exact) mass is 140 g/mol. The van der Waals surface area contributed by atoms with Crippen molar-refractivity contribution >= 4 is 11.6 Å². The second-order valence-electron chi connectivity index (χ2n) is 1.97. The molecule has 0 aromatic carbocycles. The van der Waals surface area contributed by atoms with Crippen LogP contribution in [0.4, 0.5) is 0 Å². The first-order valence-electron chi connectivity index (χ1n) is 3.44. The molecule has 0 atom stereocenters. The molecule has 0 aromatic heterocycles. The molecular weight excluding hydrogens is 128 g/mol. The Kier molecular flexibility index (Phi) is 4.46. The van der Waals surface area contributed by atoms with Crippen LogP contribution in [0.1, 0.15) is 26.7 Å². The van der Waals surface area contributed by atoms with Gasteiger partial charge in [-0.2, -0.15) is 0 Å². The molecule has 10 heavy (non-hydrogen) atoms. The van der Waals surface area contributed by atoms with Crippen LogP contribution in [0.5, 0.6) is 0 Å². The van der Waals surface area contributed by atoms with Gasteiger partial charge in [-0.1, -0.05) is 13.8 Å². The van der Waals surface area contributed by atoms with E-state index in [1.807, 2.05) is 0 Å². The van der Waals surface area contributed by atoms with E-state index in [9.17, 15) is 9.59 Å². The summed E-state index contributed by atoms with van der Waals surface area (Å²) in [6.45, 7) is 3.53. The van der Waals surface area contributed by atoms with Gasteiger partial charge in [0, 0.05) is 12.8 Å². The Bertz CT molecular complexity index is 139. The lowest BCUT2D eigenvalue weighted by molar-refractivity contribution is -0.116. The summed E-state index contributed by atoms with van der Waals surface area (Å²) < 4.78 is 0. The van der Waals surface area contributed by atoms with Crippen molar-refractivity contribution in [2.75, 3.05) is 0 Å². The summed E-state index contributed by atoms with van der Waals surface area (Å²) in [6.07, 6.45) is 3.61. The van der Waals surface area contributed by atoms with Gasteiger partial charge in [-0.25, -0.2) is 0 Å². The predicted molar refractivity (Wildman–Crippen MR) is 39.7 cm³/mol. The molecular formula is C8H12O2. The molecule has 0 fully saturated rings. The van der Waals surface area contributed by atoms with E-state index in [-0.39, 0.29) is 11.6 Å². The van der Waals surface area contributed by atoms with Gasteiger partial charge in [-0.15, -0.1) is 0 Å². The summed E-state index contributed by atoms with van der Waals surface area (Å²) in [4.78, 5) is 21.2. The van der Waals surface area contributed by atoms with Gasteiger partial charge in [0.05, 0.1) is 0 Å². The third-order valence-corrected chi connectivity index (χ3v) is 1.15. The molecule has 0 aliphatic rings. The van der Waals surface area contributed by atoms with Crippen molar-refractivity contribution in [2.45, 2.75) is 26.7 Å². The maximum Gasteiger partial charge on any atom is 0.155 e. The topological polar surface area (TPSA) is 34.1 Å². The maximum atomic E-state index is 10.6. The molecule has 0 saturated carbocycles. The fraction of sp³-hybridized carbons (Fsp3) is 0.500. The van der Waals surface area contributed by atoms with Gasteiger partial charge in [0.25, 0.3) is 0 Å². The third kappa shape index (κ3) is 4.01. The first kappa shape index (κ1) is 9.08. The van der Waals surface area contributed by atoms with E-state index in [0.29, 0.717) is 12.8 Å². The van der Waals surface area contributed by atoms with E-state index in [1.165, 1.54) is 12.2 Å². The Morgan fingerprint density at radius 3 is 1.50 bits per heavy atom. The predicted octanol–water partition coefficient (Wildman–Crippen LogP) is 1.50. The highest BCUT2D eigenvalue weighted by molar-refractivity contribution is 5.98. The molecule has 0 amide bonds. The van der Waals surface area contributed by atoms with Crippen molar-refractivity contribution in [3.63, 3.8) is 0 Å². The van der Waals surface area contributed by atoms with E-state index in [0.717, 1.165) is 0 Å². The highest BCUT2D eigenvalue weighted by Gasteiger charge is 1.92. The summed E-state index contributed by atoms with van der Waals surface area (Å²) >= 11 is 0. The third-order valence-electron chi connectivity index (χ3n) is 1.15. The van der Waals surface area contributed by atoms with Gasteiger partial charge in [-0.3, -0.25) is 9.59 Å². The largest absolute Gasteiger partial charge is 0.295 e. The minimum atomic E-state index is 0.00167. The summed E-state index contributed by atoms with van der Waals surface area (Å²) in [5, 5.41) is 0. The number of carbonyl (C=O) groups excluding carboxylic acids is 2. The first-order chi connectivity index (χ1) is 4.70. The minimum absolute atomic E-state index is 0.00167. The molecule has 0 aliphatic carbocycles. The average molecular weight is 140 g/mol.